The van der Waals surface area contributed by atoms with Crippen LogP contribution in [0.2, 0.25) is 0 Å². The number of nitrogens with two attached hydrogens (primary N) is 1. The highest BCUT2D eigenvalue weighted by molar-refractivity contribution is 7.89. The zero-order valence-electron chi connectivity index (χ0n) is 22.2. The highest BCUT2D eigenvalue weighted by Gasteiger charge is 2.37. The number of benzene rings is 4. The molecule has 2 aliphatic rings. The molecule has 0 saturated heterocycles. The van der Waals surface area contributed by atoms with E-state index in [2.05, 4.69) is 10.0 Å². The summed E-state index contributed by atoms with van der Waals surface area (Å²) in [5.74, 6) is -1.11. The van der Waals surface area contributed by atoms with E-state index < -0.39 is 42.3 Å². The SMILES string of the molecule is Nc1c(S(=O)(=O)O)cc(NC2CCC(NS(=O)(=O)c3ccc4ccccc4c3)CC2)c2c1C(=O)c1ccccc1C2=O. The number of sulfonamides is 1. The highest BCUT2D eigenvalue weighted by atomic mass is 32.2. The lowest BCUT2D eigenvalue weighted by atomic mass is 9.82. The summed E-state index contributed by atoms with van der Waals surface area (Å²) < 4.78 is 63.2. The van der Waals surface area contributed by atoms with Gasteiger partial charge < -0.3 is 11.1 Å². The predicted molar refractivity (Wildman–Crippen MR) is 158 cm³/mol. The quantitative estimate of drug-likeness (QED) is 0.164. The van der Waals surface area contributed by atoms with Crippen molar-refractivity contribution >= 4 is 53.9 Å². The molecule has 10 nitrogen and oxygen atoms in total. The minimum Gasteiger partial charge on any atom is -0.397 e. The van der Waals surface area contributed by atoms with Gasteiger partial charge in [-0.25, -0.2) is 13.1 Å². The first-order chi connectivity index (χ1) is 19.9. The largest absolute Gasteiger partial charge is 0.397 e. The van der Waals surface area contributed by atoms with E-state index in [0.717, 1.165) is 16.8 Å². The van der Waals surface area contributed by atoms with Crippen LogP contribution in [0, 0.1) is 0 Å². The Bertz CT molecular complexity index is 2000. The van der Waals surface area contributed by atoms with Crippen molar-refractivity contribution in [3.8, 4) is 0 Å². The third-order valence-corrected chi connectivity index (χ3v) is 10.3. The minimum atomic E-state index is -4.82. The molecule has 0 amide bonds. The van der Waals surface area contributed by atoms with E-state index in [1.165, 1.54) is 12.1 Å². The molecule has 4 aromatic carbocycles. The van der Waals surface area contributed by atoms with Gasteiger partial charge >= 0.3 is 0 Å². The minimum absolute atomic E-state index is 0.0530. The monoisotopic (exact) mass is 605 g/mol. The first kappa shape index (κ1) is 28.0. The molecule has 2 aliphatic carbocycles. The summed E-state index contributed by atoms with van der Waals surface area (Å²) in [5, 5.41) is 4.94. The molecule has 4 aromatic rings. The van der Waals surface area contributed by atoms with Crippen LogP contribution < -0.4 is 15.8 Å². The first-order valence-corrected chi connectivity index (χ1v) is 16.3. The van der Waals surface area contributed by atoms with E-state index in [1.807, 2.05) is 24.3 Å². The molecule has 42 heavy (non-hydrogen) atoms. The lowest BCUT2D eigenvalue weighted by Gasteiger charge is -2.32. The van der Waals surface area contributed by atoms with E-state index >= 15 is 0 Å². The molecule has 1 fully saturated rings. The average molecular weight is 606 g/mol. The molecule has 5 N–H and O–H groups in total. The van der Waals surface area contributed by atoms with E-state index in [4.69, 9.17) is 5.73 Å². The molecular formula is C30H27N3O7S2. The first-order valence-electron chi connectivity index (χ1n) is 13.3. The van der Waals surface area contributed by atoms with Crippen LogP contribution in [0.1, 0.15) is 57.5 Å². The van der Waals surface area contributed by atoms with Gasteiger partial charge in [-0.15, -0.1) is 0 Å². The third-order valence-electron chi connectivity index (χ3n) is 7.92. The zero-order chi connectivity index (χ0) is 29.8. The molecule has 0 bridgehead atoms. The van der Waals surface area contributed by atoms with Crippen molar-refractivity contribution in [2.45, 2.75) is 47.6 Å². The fraction of sp³-hybridized carbons (Fsp3) is 0.200. The lowest BCUT2D eigenvalue weighted by Crippen LogP contribution is -2.40. The van der Waals surface area contributed by atoms with E-state index in [0.29, 0.717) is 25.7 Å². The summed E-state index contributed by atoms with van der Waals surface area (Å²) in [6, 6.07) is 19.1. The van der Waals surface area contributed by atoms with Crippen LogP contribution in [-0.4, -0.2) is 45.0 Å². The van der Waals surface area contributed by atoms with E-state index in [1.54, 1.807) is 30.3 Å². The fourth-order valence-corrected chi connectivity index (χ4v) is 7.81. The van der Waals surface area contributed by atoms with E-state index in [-0.39, 0.29) is 44.9 Å². The Morgan fingerprint density at radius 3 is 1.93 bits per heavy atom. The Labute approximate surface area is 242 Å². The van der Waals surface area contributed by atoms with Gasteiger partial charge in [-0.1, -0.05) is 54.6 Å². The number of carbonyl (C=O) groups is 2. The second-order valence-electron chi connectivity index (χ2n) is 10.6. The van der Waals surface area contributed by atoms with Crippen LogP contribution in [0.15, 0.2) is 82.6 Å². The summed E-state index contributed by atoms with van der Waals surface area (Å²) >= 11 is 0. The normalized spacial score (nSPS) is 18.9. The highest BCUT2D eigenvalue weighted by Crippen LogP contribution is 2.40. The Morgan fingerprint density at radius 2 is 1.29 bits per heavy atom. The number of fused-ring (bicyclic) bond motifs is 3. The van der Waals surface area contributed by atoms with E-state index in [9.17, 15) is 31.0 Å². The van der Waals surface area contributed by atoms with Crippen molar-refractivity contribution in [1.82, 2.24) is 4.72 Å². The molecule has 0 aliphatic heterocycles. The number of hydrogen-bond donors (Lipinski definition) is 4. The number of rotatable bonds is 6. The number of nitrogens with one attached hydrogen (secondary N) is 2. The topological polar surface area (TPSA) is 173 Å². The number of hydrogen-bond acceptors (Lipinski definition) is 8. The summed E-state index contributed by atoms with van der Waals surface area (Å²) in [6.45, 7) is 0. The molecule has 216 valence electrons. The van der Waals surface area contributed by atoms with Crippen LogP contribution in [0.3, 0.4) is 0 Å². The maximum absolute atomic E-state index is 13.5. The summed E-state index contributed by atoms with van der Waals surface area (Å²) in [4.78, 5) is 26.4. The molecule has 0 aromatic heterocycles. The standard InChI is InChI=1S/C30H27N3O7S2/c31-28-25(42(38,39)40)16-24(26-27(28)30(35)23-8-4-3-7-22(23)29(26)34)32-19-10-12-20(13-11-19)33-41(36,37)21-14-9-17-5-1-2-6-18(17)15-21/h1-9,14-16,19-20,32-33H,10-13,31H2,(H,38,39,40). The molecule has 0 unspecified atom stereocenters. The van der Waals surface area contributed by atoms with Gasteiger partial charge in [0.15, 0.2) is 11.6 Å². The van der Waals surface area contributed by atoms with Crippen molar-refractivity contribution in [3.63, 3.8) is 0 Å². The third kappa shape index (κ3) is 4.96. The Balaban J connectivity index is 1.24. The average Bonchev–Trinajstić information content (AvgIpc) is 2.96. The van der Waals surface area contributed by atoms with Gasteiger partial charge in [-0.05, 0) is 54.7 Å². The molecule has 6 rings (SSSR count). The zero-order valence-corrected chi connectivity index (χ0v) is 23.8. The Hall–Kier alpha value is -4.10. The molecule has 0 radical (unpaired) electrons. The van der Waals surface area contributed by atoms with Crippen molar-refractivity contribution in [2.75, 3.05) is 11.1 Å². The Kier molecular flexibility index (Phi) is 6.89. The molecule has 0 atom stereocenters. The van der Waals surface area contributed by atoms with Crippen LogP contribution >= 0.6 is 0 Å². The van der Waals surface area contributed by atoms with Crippen molar-refractivity contribution in [3.05, 3.63) is 95.1 Å². The van der Waals surface area contributed by atoms with Crippen molar-refractivity contribution in [2.24, 2.45) is 0 Å². The van der Waals surface area contributed by atoms with Crippen LogP contribution in [0.25, 0.3) is 10.8 Å². The summed E-state index contributed by atoms with van der Waals surface area (Å²) in [6.07, 6.45) is 1.93. The fourth-order valence-electron chi connectivity index (χ4n) is 5.82. The van der Waals surface area contributed by atoms with Crippen molar-refractivity contribution < 1.29 is 31.0 Å². The van der Waals surface area contributed by atoms with Gasteiger partial charge in [0, 0.05) is 28.9 Å². The molecule has 12 heteroatoms. The van der Waals surface area contributed by atoms with Gasteiger partial charge in [-0.2, -0.15) is 8.42 Å². The smallest absolute Gasteiger partial charge is 0.296 e. The second kappa shape index (κ2) is 10.3. The number of ketones is 2. The van der Waals surface area contributed by atoms with Gasteiger partial charge in [0.05, 0.1) is 21.7 Å². The second-order valence-corrected chi connectivity index (χ2v) is 13.7. The van der Waals surface area contributed by atoms with Gasteiger partial charge in [-0.3, -0.25) is 14.1 Å². The Morgan fingerprint density at radius 1 is 0.714 bits per heavy atom. The molecule has 0 heterocycles. The van der Waals surface area contributed by atoms with Gasteiger partial charge in [0.1, 0.15) is 4.90 Å². The predicted octanol–water partition coefficient (Wildman–Crippen LogP) is 4.15. The van der Waals surface area contributed by atoms with Crippen LogP contribution in [0.4, 0.5) is 11.4 Å². The van der Waals surface area contributed by atoms with Gasteiger partial charge in [0.25, 0.3) is 10.1 Å². The number of carbonyl (C=O) groups excluding carboxylic acids is 2. The van der Waals surface area contributed by atoms with Crippen molar-refractivity contribution in [1.29, 1.82) is 0 Å². The number of nitrogen functional groups attached to an aromatic ring is 1. The van der Waals surface area contributed by atoms with Crippen LogP contribution in [0.5, 0.6) is 0 Å². The summed E-state index contributed by atoms with van der Waals surface area (Å²) in [7, 11) is -8.59. The summed E-state index contributed by atoms with van der Waals surface area (Å²) in [5.41, 5.74) is 5.58. The molecular weight excluding hydrogens is 578 g/mol. The van der Waals surface area contributed by atoms with Crippen LogP contribution in [-0.2, 0) is 20.1 Å². The molecule has 1 saturated carbocycles. The maximum atomic E-state index is 13.5. The maximum Gasteiger partial charge on any atom is 0.296 e. The molecule has 0 spiro atoms. The van der Waals surface area contributed by atoms with Gasteiger partial charge in [0.2, 0.25) is 10.0 Å². The lowest BCUT2D eigenvalue weighted by molar-refractivity contribution is 0.0980. The number of anilines is 2.